The van der Waals surface area contributed by atoms with Crippen molar-refractivity contribution in [1.82, 2.24) is 0 Å². The maximum Gasteiger partial charge on any atom is 0.128 e. The summed E-state index contributed by atoms with van der Waals surface area (Å²) in [5.41, 5.74) is 6.07. The molecule has 1 aromatic carbocycles. The molecule has 1 aromatic rings. The van der Waals surface area contributed by atoms with Crippen molar-refractivity contribution >= 4 is 11.6 Å². The lowest BCUT2D eigenvalue weighted by molar-refractivity contribution is 0.567. The lowest BCUT2D eigenvalue weighted by Gasteiger charge is -2.11. The summed E-state index contributed by atoms with van der Waals surface area (Å²) in [6, 6.07) is 5.75. The third-order valence-corrected chi connectivity index (χ3v) is 2.16. The summed E-state index contributed by atoms with van der Waals surface area (Å²) in [6.45, 7) is 0. The van der Waals surface area contributed by atoms with Crippen LogP contribution >= 0.6 is 11.6 Å². The highest BCUT2D eigenvalue weighted by Crippen LogP contribution is 2.22. The summed E-state index contributed by atoms with van der Waals surface area (Å²) in [5, 5.41) is 8.81. The molecule has 4 heteroatoms. The Morgan fingerprint density at radius 2 is 2.29 bits per heavy atom. The maximum atomic E-state index is 13.2. The molecule has 0 spiro atoms. The van der Waals surface area contributed by atoms with Crippen LogP contribution in [0.1, 0.15) is 24.4 Å². The molecule has 0 aliphatic rings. The second-order valence-electron chi connectivity index (χ2n) is 2.97. The Balaban J connectivity index is 2.83. The lowest BCUT2D eigenvalue weighted by atomic mass is 10.0. The highest BCUT2D eigenvalue weighted by Gasteiger charge is 2.11. The molecule has 2 nitrogen and oxygen atoms in total. The standard InChI is InChI=1S/C10H10ClFN2/c11-7-3-4-9(12)8(6-7)10(14)2-1-5-13/h3-4,6,10H,1-2,14H2. The Kier molecular flexibility index (Phi) is 3.87. The van der Waals surface area contributed by atoms with Crippen LogP contribution < -0.4 is 5.73 Å². The molecule has 14 heavy (non-hydrogen) atoms. The topological polar surface area (TPSA) is 49.8 Å². The largest absolute Gasteiger partial charge is 0.324 e. The molecule has 0 saturated heterocycles. The molecule has 0 aliphatic carbocycles. The van der Waals surface area contributed by atoms with Crippen LogP contribution in [0.3, 0.4) is 0 Å². The zero-order valence-electron chi connectivity index (χ0n) is 7.50. The Labute approximate surface area is 87.1 Å². The van der Waals surface area contributed by atoms with Gasteiger partial charge in [0.15, 0.2) is 0 Å². The van der Waals surface area contributed by atoms with Gasteiger partial charge in [0.2, 0.25) is 0 Å². The minimum Gasteiger partial charge on any atom is -0.324 e. The van der Waals surface area contributed by atoms with E-state index in [0.29, 0.717) is 23.4 Å². The Hall–Kier alpha value is -1.11. The number of nitriles is 1. The van der Waals surface area contributed by atoms with E-state index in [9.17, 15) is 4.39 Å². The van der Waals surface area contributed by atoms with E-state index < -0.39 is 6.04 Å². The first-order valence-corrected chi connectivity index (χ1v) is 4.60. The third-order valence-electron chi connectivity index (χ3n) is 1.92. The van der Waals surface area contributed by atoms with Crippen molar-refractivity contribution in [1.29, 1.82) is 5.26 Å². The second-order valence-corrected chi connectivity index (χ2v) is 3.41. The van der Waals surface area contributed by atoms with E-state index in [4.69, 9.17) is 22.6 Å². The second kappa shape index (κ2) is 4.94. The van der Waals surface area contributed by atoms with Crippen molar-refractivity contribution < 1.29 is 4.39 Å². The van der Waals surface area contributed by atoms with Gasteiger partial charge < -0.3 is 5.73 Å². The normalized spacial score (nSPS) is 12.1. The average Bonchev–Trinajstić information content (AvgIpc) is 2.18. The van der Waals surface area contributed by atoms with Gasteiger partial charge in [-0.15, -0.1) is 0 Å². The van der Waals surface area contributed by atoms with Crippen LogP contribution in [0.15, 0.2) is 18.2 Å². The van der Waals surface area contributed by atoms with Crippen LogP contribution in [0.2, 0.25) is 5.02 Å². The Bertz CT molecular complexity index is 360. The molecule has 0 aliphatic heterocycles. The van der Waals surface area contributed by atoms with E-state index in [1.54, 1.807) is 0 Å². The van der Waals surface area contributed by atoms with E-state index in [0.717, 1.165) is 0 Å². The summed E-state index contributed by atoms with van der Waals surface area (Å²) in [7, 11) is 0. The van der Waals surface area contributed by atoms with Crippen molar-refractivity contribution in [3.05, 3.63) is 34.6 Å². The van der Waals surface area contributed by atoms with Gasteiger partial charge in [-0.2, -0.15) is 5.26 Å². The lowest BCUT2D eigenvalue weighted by Crippen LogP contribution is -2.11. The van der Waals surface area contributed by atoms with Crippen molar-refractivity contribution in [2.24, 2.45) is 5.73 Å². The highest BCUT2D eigenvalue weighted by molar-refractivity contribution is 6.30. The smallest absolute Gasteiger partial charge is 0.128 e. The molecular formula is C10H10ClFN2. The number of nitrogens with zero attached hydrogens (tertiary/aromatic N) is 1. The van der Waals surface area contributed by atoms with Crippen LogP contribution in [0.5, 0.6) is 0 Å². The molecule has 0 radical (unpaired) electrons. The summed E-state index contributed by atoms with van der Waals surface area (Å²) < 4.78 is 13.2. The minimum absolute atomic E-state index is 0.313. The zero-order chi connectivity index (χ0) is 10.6. The van der Waals surface area contributed by atoms with Gasteiger partial charge >= 0.3 is 0 Å². The fraction of sp³-hybridized carbons (Fsp3) is 0.300. The average molecular weight is 213 g/mol. The maximum absolute atomic E-state index is 13.2. The fourth-order valence-corrected chi connectivity index (χ4v) is 1.35. The van der Waals surface area contributed by atoms with Gasteiger partial charge in [-0.1, -0.05) is 11.6 Å². The predicted molar refractivity (Wildman–Crippen MR) is 53.2 cm³/mol. The van der Waals surface area contributed by atoms with Crippen molar-refractivity contribution in [2.45, 2.75) is 18.9 Å². The van der Waals surface area contributed by atoms with Crippen LogP contribution in [0.25, 0.3) is 0 Å². The number of hydrogen-bond donors (Lipinski definition) is 1. The number of benzene rings is 1. The molecule has 1 atom stereocenters. The first kappa shape index (κ1) is 11.0. The van der Waals surface area contributed by atoms with Crippen molar-refractivity contribution in [3.63, 3.8) is 0 Å². The summed E-state index contributed by atoms with van der Waals surface area (Å²) in [4.78, 5) is 0. The number of hydrogen-bond acceptors (Lipinski definition) is 2. The summed E-state index contributed by atoms with van der Waals surface area (Å²) in [5.74, 6) is -0.375. The van der Waals surface area contributed by atoms with E-state index in [-0.39, 0.29) is 5.82 Å². The van der Waals surface area contributed by atoms with E-state index >= 15 is 0 Å². The monoisotopic (exact) mass is 212 g/mol. The van der Waals surface area contributed by atoms with E-state index in [1.807, 2.05) is 6.07 Å². The summed E-state index contributed by atoms with van der Waals surface area (Å²) >= 11 is 5.71. The number of halogens is 2. The van der Waals surface area contributed by atoms with Gasteiger partial charge in [-0.05, 0) is 24.6 Å². The Morgan fingerprint density at radius 1 is 1.57 bits per heavy atom. The summed E-state index contributed by atoms with van der Waals surface area (Å²) in [6.07, 6.45) is 0.751. The number of rotatable bonds is 3. The van der Waals surface area contributed by atoms with Gasteiger partial charge in [0.1, 0.15) is 5.82 Å². The highest BCUT2D eigenvalue weighted by atomic mass is 35.5. The molecule has 1 rings (SSSR count). The van der Waals surface area contributed by atoms with Crippen LogP contribution in [0.4, 0.5) is 4.39 Å². The van der Waals surface area contributed by atoms with E-state index in [1.165, 1.54) is 18.2 Å². The molecule has 0 amide bonds. The molecule has 74 valence electrons. The van der Waals surface area contributed by atoms with Gasteiger partial charge in [0, 0.05) is 23.0 Å². The zero-order valence-corrected chi connectivity index (χ0v) is 8.26. The quantitative estimate of drug-likeness (QED) is 0.838. The number of nitrogens with two attached hydrogens (primary N) is 1. The van der Waals surface area contributed by atoms with Crippen LogP contribution in [0, 0.1) is 17.1 Å². The first-order valence-electron chi connectivity index (χ1n) is 4.22. The van der Waals surface area contributed by atoms with Gasteiger partial charge in [-0.25, -0.2) is 4.39 Å². The van der Waals surface area contributed by atoms with Crippen LogP contribution in [-0.2, 0) is 0 Å². The molecule has 1 unspecified atom stereocenters. The first-order chi connectivity index (χ1) is 6.65. The molecule has 0 heterocycles. The minimum atomic E-state index is -0.464. The third kappa shape index (κ3) is 2.69. The molecule has 0 bridgehead atoms. The molecule has 0 fully saturated rings. The van der Waals surface area contributed by atoms with Gasteiger partial charge in [-0.3, -0.25) is 0 Å². The predicted octanol–water partition coefficient (Wildman–Crippen LogP) is 2.78. The fourth-order valence-electron chi connectivity index (χ4n) is 1.17. The molecule has 0 aromatic heterocycles. The molecule has 2 N–H and O–H groups in total. The van der Waals surface area contributed by atoms with Gasteiger partial charge in [0.05, 0.1) is 6.07 Å². The molecular weight excluding hydrogens is 203 g/mol. The molecule has 0 saturated carbocycles. The van der Waals surface area contributed by atoms with Crippen LogP contribution in [-0.4, -0.2) is 0 Å². The van der Waals surface area contributed by atoms with Crippen molar-refractivity contribution in [3.8, 4) is 6.07 Å². The van der Waals surface area contributed by atoms with Crippen molar-refractivity contribution in [2.75, 3.05) is 0 Å². The van der Waals surface area contributed by atoms with E-state index in [2.05, 4.69) is 0 Å². The Morgan fingerprint density at radius 3 is 2.93 bits per heavy atom. The van der Waals surface area contributed by atoms with Gasteiger partial charge in [0.25, 0.3) is 0 Å². The SMILES string of the molecule is N#CCCC(N)c1cc(Cl)ccc1F.